The fourth-order valence-corrected chi connectivity index (χ4v) is 1.85. The summed E-state index contributed by atoms with van der Waals surface area (Å²) in [5.41, 5.74) is 7.90. The van der Waals surface area contributed by atoms with Crippen LogP contribution in [-0.2, 0) is 6.42 Å². The van der Waals surface area contributed by atoms with Gasteiger partial charge in [-0.2, -0.15) is 0 Å². The van der Waals surface area contributed by atoms with E-state index in [1.807, 2.05) is 42.0 Å². The molecule has 1 aromatic carbocycles. The predicted molar refractivity (Wildman–Crippen MR) is 65.9 cm³/mol. The standard InChI is InChI=1S/C12H14ClN3/c1-9(14)5-12-7-15-8-16(12)11-4-2-3-10(13)6-11/h2-4,6-9H,5,14H2,1H3. The summed E-state index contributed by atoms with van der Waals surface area (Å²) in [7, 11) is 0. The molecule has 0 saturated carbocycles. The summed E-state index contributed by atoms with van der Waals surface area (Å²) in [5.74, 6) is 0. The van der Waals surface area contributed by atoms with Gasteiger partial charge in [0.05, 0.1) is 6.33 Å². The fourth-order valence-electron chi connectivity index (χ4n) is 1.66. The Bertz CT molecular complexity index is 477. The molecular weight excluding hydrogens is 222 g/mol. The molecule has 1 heterocycles. The second-order valence-electron chi connectivity index (χ2n) is 3.92. The Balaban J connectivity index is 2.37. The van der Waals surface area contributed by atoms with Crippen LogP contribution in [0.4, 0.5) is 0 Å². The lowest BCUT2D eigenvalue weighted by molar-refractivity contribution is 0.709. The number of rotatable bonds is 3. The number of nitrogens with two attached hydrogens (primary N) is 1. The van der Waals surface area contributed by atoms with Gasteiger partial charge in [-0.1, -0.05) is 17.7 Å². The number of nitrogens with zero attached hydrogens (tertiary/aromatic N) is 2. The molecule has 1 unspecified atom stereocenters. The van der Waals surface area contributed by atoms with Crippen molar-refractivity contribution < 1.29 is 0 Å². The highest BCUT2D eigenvalue weighted by Crippen LogP contribution is 2.17. The quantitative estimate of drug-likeness (QED) is 0.888. The van der Waals surface area contributed by atoms with Gasteiger partial charge in [0.2, 0.25) is 0 Å². The van der Waals surface area contributed by atoms with E-state index in [2.05, 4.69) is 4.98 Å². The van der Waals surface area contributed by atoms with Crippen LogP contribution in [0.2, 0.25) is 5.02 Å². The summed E-state index contributed by atoms with van der Waals surface area (Å²) >= 11 is 5.96. The summed E-state index contributed by atoms with van der Waals surface area (Å²) in [6, 6.07) is 7.81. The second kappa shape index (κ2) is 4.68. The molecule has 0 fully saturated rings. The number of hydrogen-bond donors (Lipinski definition) is 1. The maximum atomic E-state index is 5.96. The third-order valence-corrected chi connectivity index (χ3v) is 2.57. The Labute approximate surface area is 99.9 Å². The molecule has 84 valence electrons. The minimum atomic E-state index is 0.120. The van der Waals surface area contributed by atoms with Crippen LogP contribution in [0.15, 0.2) is 36.8 Å². The molecule has 0 spiro atoms. The number of halogens is 1. The topological polar surface area (TPSA) is 43.8 Å². The molecule has 2 N–H and O–H groups in total. The average Bonchev–Trinajstić information content (AvgIpc) is 2.65. The Morgan fingerprint density at radius 2 is 2.31 bits per heavy atom. The summed E-state index contributed by atoms with van der Waals surface area (Å²) in [6.07, 6.45) is 4.42. The van der Waals surface area contributed by atoms with Crippen LogP contribution in [0.25, 0.3) is 5.69 Å². The van der Waals surface area contributed by atoms with Gasteiger partial charge in [-0.15, -0.1) is 0 Å². The minimum Gasteiger partial charge on any atom is -0.328 e. The van der Waals surface area contributed by atoms with Crippen LogP contribution in [0.1, 0.15) is 12.6 Å². The molecule has 2 aromatic rings. The van der Waals surface area contributed by atoms with Gasteiger partial charge in [-0.05, 0) is 25.1 Å². The average molecular weight is 236 g/mol. The van der Waals surface area contributed by atoms with E-state index in [9.17, 15) is 0 Å². The highest BCUT2D eigenvalue weighted by atomic mass is 35.5. The summed E-state index contributed by atoms with van der Waals surface area (Å²) in [6.45, 7) is 1.98. The summed E-state index contributed by atoms with van der Waals surface area (Å²) < 4.78 is 2.01. The van der Waals surface area contributed by atoms with E-state index in [0.29, 0.717) is 0 Å². The Hall–Kier alpha value is -1.32. The van der Waals surface area contributed by atoms with Gasteiger partial charge in [0, 0.05) is 35.1 Å². The van der Waals surface area contributed by atoms with Crippen LogP contribution < -0.4 is 5.73 Å². The van der Waals surface area contributed by atoms with Gasteiger partial charge >= 0.3 is 0 Å². The van der Waals surface area contributed by atoms with E-state index in [1.54, 1.807) is 6.33 Å². The maximum absolute atomic E-state index is 5.96. The zero-order valence-electron chi connectivity index (χ0n) is 9.10. The molecule has 3 nitrogen and oxygen atoms in total. The van der Waals surface area contributed by atoms with Crippen molar-refractivity contribution in [1.29, 1.82) is 0 Å². The molecule has 1 atom stereocenters. The van der Waals surface area contributed by atoms with E-state index in [1.165, 1.54) is 0 Å². The first-order valence-electron chi connectivity index (χ1n) is 5.19. The van der Waals surface area contributed by atoms with Crippen molar-refractivity contribution in [3.63, 3.8) is 0 Å². The van der Waals surface area contributed by atoms with Gasteiger partial charge in [0.15, 0.2) is 0 Å². The van der Waals surface area contributed by atoms with E-state index < -0.39 is 0 Å². The highest BCUT2D eigenvalue weighted by molar-refractivity contribution is 6.30. The van der Waals surface area contributed by atoms with Crippen molar-refractivity contribution in [1.82, 2.24) is 9.55 Å². The monoisotopic (exact) mass is 235 g/mol. The molecule has 2 rings (SSSR count). The van der Waals surface area contributed by atoms with E-state index in [4.69, 9.17) is 17.3 Å². The highest BCUT2D eigenvalue weighted by Gasteiger charge is 2.06. The maximum Gasteiger partial charge on any atom is 0.0994 e. The van der Waals surface area contributed by atoms with Gasteiger partial charge in [-0.3, -0.25) is 0 Å². The molecule has 0 radical (unpaired) electrons. The molecule has 0 amide bonds. The van der Waals surface area contributed by atoms with E-state index in [0.717, 1.165) is 22.8 Å². The lowest BCUT2D eigenvalue weighted by Gasteiger charge is -2.10. The largest absolute Gasteiger partial charge is 0.328 e. The lowest BCUT2D eigenvalue weighted by atomic mass is 10.2. The van der Waals surface area contributed by atoms with Crippen molar-refractivity contribution in [3.8, 4) is 5.69 Å². The van der Waals surface area contributed by atoms with Crippen LogP contribution >= 0.6 is 11.6 Å². The molecule has 16 heavy (non-hydrogen) atoms. The van der Waals surface area contributed by atoms with Gasteiger partial charge in [-0.25, -0.2) is 4.98 Å². The molecule has 1 aromatic heterocycles. The zero-order chi connectivity index (χ0) is 11.5. The van der Waals surface area contributed by atoms with Gasteiger partial charge in [0.25, 0.3) is 0 Å². The first-order valence-corrected chi connectivity index (χ1v) is 5.57. The minimum absolute atomic E-state index is 0.120. The molecule has 4 heteroatoms. The number of hydrogen-bond acceptors (Lipinski definition) is 2. The van der Waals surface area contributed by atoms with Crippen molar-refractivity contribution >= 4 is 11.6 Å². The summed E-state index contributed by atoms with van der Waals surface area (Å²) in [4.78, 5) is 4.15. The first-order chi connectivity index (χ1) is 7.66. The third kappa shape index (κ3) is 2.43. The zero-order valence-corrected chi connectivity index (χ0v) is 9.85. The smallest absolute Gasteiger partial charge is 0.0994 e. The third-order valence-electron chi connectivity index (χ3n) is 2.33. The van der Waals surface area contributed by atoms with Crippen molar-refractivity contribution in [2.45, 2.75) is 19.4 Å². The van der Waals surface area contributed by atoms with Crippen molar-refractivity contribution in [3.05, 3.63) is 47.5 Å². The predicted octanol–water partition coefficient (Wildman–Crippen LogP) is 2.42. The molecular formula is C12H14ClN3. The van der Waals surface area contributed by atoms with Gasteiger partial charge in [0.1, 0.15) is 0 Å². The SMILES string of the molecule is CC(N)Cc1cncn1-c1cccc(Cl)c1. The van der Waals surface area contributed by atoms with Crippen LogP contribution in [0, 0.1) is 0 Å². The Morgan fingerprint density at radius 3 is 3.00 bits per heavy atom. The molecule has 0 aliphatic rings. The van der Waals surface area contributed by atoms with Crippen LogP contribution in [0.5, 0.6) is 0 Å². The Morgan fingerprint density at radius 1 is 1.50 bits per heavy atom. The van der Waals surface area contributed by atoms with E-state index >= 15 is 0 Å². The molecule has 0 aliphatic heterocycles. The summed E-state index contributed by atoms with van der Waals surface area (Å²) in [5, 5.41) is 0.720. The van der Waals surface area contributed by atoms with Crippen LogP contribution in [0.3, 0.4) is 0 Å². The molecule has 0 aliphatic carbocycles. The molecule has 0 saturated heterocycles. The number of imidazole rings is 1. The first kappa shape index (κ1) is 11.2. The van der Waals surface area contributed by atoms with Crippen LogP contribution in [-0.4, -0.2) is 15.6 Å². The number of benzene rings is 1. The fraction of sp³-hybridized carbons (Fsp3) is 0.250. The van der Waals surface area contributed by atoms with Crippen molar-refractivity contribution in [2.24, 2.45) is 5.73 Å². The molecule has 0 bridgehead atoms. The lowest BCUT2D eigenvalue weighted by Crippen LogP contribution is -2.19. The van der Waals surface area contributed by atoms with Gasteiger partial charge < -0.3 is 10.3 Å². The normalized spacial score (nSPS) is 12.7. The second-order valence-corrected chi connectivity index (χ2v) is 4.35. The number of aromatic nitrogens is 2. The van der Waals surface area contributed by atoms with Crippen molar-refractivity contribution in [2.75, 3.05) is 0 Å². The van der Waals surface area contributed by atoms with E-state index in [-0.39, 0.29) is 6.04 Å². The Kier molecular flexibility index (Phi) is 3.27.